The SMILES string of the molecule is NC(=O)c1ccnc(N2CCN(Cc3ccc(F)cc3)C2=O)c1Cc1ccccc1. The van der Waals surface area contributed by atoms with Crippen LogP contribution in [0.5, 0.6) is 0 Å². The number of aromatic nitrogens is 1. The summed E-state index contributed by atoms with van der Waals surface area (Å²) in [6.45, 7) is 1.32. The molecular formula is C23H21FN4O2. The van der Waals surface area contributed by atoms with E-state index >= 15 is 0 Å². The summed E-state index contributed by atoms with van der Waals surface area (Å²) in [4.78, 5) is 32.8. The van der Waals surface area contributed by atoms with Crippen molar-refractivity contribution in [2.24, 2.45) is 5.73 Å². The molecule has 2 heterocycles. The molecule has 0 radical (unpaired) electrons. The normalized spacial score (nSPS) is 13.7. The van der Waals surface area contributed by atoms with E-state index in [4.69, 9.17) is 5.73 Å². The van der Waals surface area contributed by atoms with Crippen molar-refractivity contribution in [3.63, 3.8) is 0 Å². The standard InChI is InChI=1S/C23H21FN4O2/c24-18-8-6-17(7-9-18)15-27-12-13-28(23(27)30)22-20(14-16-4-2-1-3-5-16)19(21(25)29)10-11-26-22/h1-11H,12-15H2,(H2,25,29). The number of nitrogens with two attached hydrogens (primary N) is 1. The van der Waals surface area contributed by atoms with E-state index in [-0.39, 0.29) is 11.8 Å². The van der Waals surface area contributed by atoms with E-state index in [1.54, 1.807) is 28.0 Å². The molecule has 30 heavy (non-hydrogen) atoms. The highest BCUT2D eigenvalue weighted by Gasteiger charge is 2.32. The monoisotopic (exact) mass is 404 g/mol. The molecule has 6 nitrogen and oxygen atoms in total. The van der Waals surface area contributed by atoms with Crippen molar-refractivity contribution >= 4 is 17.8 Å². The lowest BCUT2D eigenvalue weighted by Gasteiger charge is -2.21. The molecule has 2 aromatic carbocycles. The average Bonchev–Trinajstić information content (AvgIpc) is 3.10. The van der Waals surface area contributed by atoms with E-state index in [1.165, 1.54) is 18.3 Å². The maximum Gasteiger partial charge on any atom is 0.326 e. The van der Waals surface area contributed by atoms with E-state index in [0.717, 1.165) is 11.1 Å². The largest absolute Gasteiger partial charge is 0.366 e. The van der Waals surface area contributed by atoms with Crippen LogP contribution in [0.1, 0.15) is 27.0 Å². The van der Waals surface area contributed by atoms with Gasteiger partial charge in [-0.3, -0.25) is 9.69 Å². The molecule has 3 amide bonds. The highest BCUT2D eigenvalue weighted by atomic mass is 19.1. The number of hydrogen-bond acceptors (Lipinski definition) is 3. The number of primary amides is 1. The Bertz CT molecular complexity index is 1070. The van der Waals surface area contributed by atoms with Gasteiger partial charge in [0.1, 0.15) is 11.6 Å². The maximum absolute atomic E-state index is 13.2. The van der Waals surface area contributed by atoms with Gasteiger partial charge < -0.3 is 10.6 Å². The van der Waals surface area contributed by atoms with Crippen molar-refractivity contribution in [1.29, 1.82) is 0 Å². The number of anilines is 1. The third kappa shape index (κ3) is 4.00. The Labute approximate surface area is 173 Å². The quantitative estimate of drug-likeness (QED) is 0.684. The molecule has 7 heteroatoms. The zero-order valence-electron chi connectivity index (χ0n) is 16.3. The second-order valence-corrected chi connectivity index (χ2v) is 7.17. The number of urea groups is 1. The summed E-state index contributed by atoms with van der Waals surface area (Å²) in [5.74, 6) is -0.424. The smallest absolute Gasteiger partial charge is 0.326 e. The number of pyridine rings is 1. The topological polar surface area (TPSA) is 79.5 Å². The van der Waals surface area contributed by atoms with Gasteiger partial charge in [0.15, 0.2) is 0 Å². The molecule has 152 valence electrons. The van der Waals surface area contributed by atoms with Crippen molar-refractivity contribution in [2.45, 2.75) is 13.0 Å². The molecule has 0 saturated carbocycles. The number of hydrogen-bond donors (Lipinski definition) is 1. The zero-order chi connectivity index (χ0) is 21.1. The number of halogens is 1. The van der Waals surface area contributed by atoms with Crippen LogP contribution in [0.3, 0.4) is 0 Å². The molecule has 0 unspecified atom stereocenters. The van der Waals surface area contributed by atoms with Crippen LogP contribution in [0.2, 0.25) is 0 Å². The highest BCUT2D eigenvalue weighted by Crippen LogP contribution is 2.28. The second kappa shape index (κ2) is 8.32. The Morgan fingerprint density at radius 2 is 1.73 bits per heavy atom. The van der Waals surface area contributed by atoms with Crippen LogP contribution in [0.15, 0.2) is 66.9 Å². The Balaban J connectivity index is 1.63. The third-order valence-corrected chi connectivity index (χ3v) is 5.16. The average molecular weight is 404 g/mol. The van der Waals surface area contributed by atoms with E-state index in [1.807, 2.05) is 30.3 Å². The first kappa shape index (κ1) is 19.6. The van der Waals surface area contributed by atoms with Gasteiger partial charge in [-0.2, -0.15) is 0 Å². The number of rotatable bonds is 6. The molecular weight excluding hydrogens is 383 g/mol. The van der Waals surface area contributed by atoms with Gasteiger partial charge in [-0.25, -0.2) is 14.2 Å². The van der Waals surface area contributed by atoms with Crippen molar-refractivity contribution < 1.29 is 14.0 Å². The van der Waals surface area contributed by atoms with E-state index < -0.39 is 5.91 Å². The minimum Gasteiger partial charge on any atom is -0.366 e. The van der Waals surface area contributed by atoms with Gasteiger partial charge in [-0.1, -0.05) is 42.5 Å². The number of nitrogens with zero attached hydrogens (tertiary/aromatic N) is 3. The summed E-state index contributed by atoms with van der Waals surface area (Å²) in [5, 5.41) is 0. The van der Waals surface area contributed by atoms with Crippen LogP contribution < -0.4 is 10.6 Å². The van der Waals surface area contributed by atoms with Gasteiger partial charge in [0.05, 0.1) is 0 Å². The molecule has 1 aliphatic rings. The van der Waals surface area contributed by atoms with Gasteiger partial charge in [-0.15, -0.1) is 0 Å². The van der Waals surface area contributed by atoms with E-state index in [9.17, 15) is 14.0 Å². The van der Waals surface area contributed by atoms with Gasteiger partial charge in [0.2, 0.25) is 5.91 Å². The van der Waals surface area contributed by atoms with Crippen molar-refractivity contribution in [3.05, 3.63) is 94.9 Å². The summed E-state index contributed by atoms with van der Waals surface area (Å²) in [5.41, 5.74) is 8.42. The summed E-state index contributed by atoms with van der Waals surface area (Å²) in [6.07, 6.45) is 1.93. The molecule has 2 N–H and O–H groups in total. The molecule has 0 spiro atoms. The van der Waals surface area contributed by atoms with Crippen LogP contribution in [-0.2, 0) is 13.0 Å². The van der Waals surface area contributed by atoms with E-state index in [0.29, 0.717) is 43.0 Å². The summed E-state index contributed by atoms with van der Waals surface area (Å²) >= 11 is 0. The Kier molecular flexibility index (Phi) is 5.43. The predicted octanol–water partition coefficient (Wildman–Crippen LogP) is 3.35. The Morgan fingerprint density at radius 1 is 1.00 bits per heavy atom. The van der Waals surface area contributed by atoms with Crippen molar-refractivity contribution in [1.82, 2.24) is 9.88 Å². The molecule has 1 saturated heterocycles. The first-order valence-corrected chi connectivity index (χ1v) is 9.65. The Hall–Kier alpha value is -3.74. The third-order valence-electron chi connectivity index (χ3n) is 5.16. The highest BCUT2D eigenvalue weighted by molar-refractivity contribution is 5.99. The number of benzene rings is 2. The van der Waals surface area contributed by atoms with Gasteiger partial charge in [0, 0.05) is 43.4 Å². The fraction of sp³-hybridized carbons (Fsp3) is 0.174. The molecule has 4 rings (SSSR count). The van der Waals surface area contributed by atoms with Gasteiger partial charge in [0.25, 0.3) is 0 Å². The lowest BCUT2D eigenvalue weighted by molar-refractivity contribution is 0.0999. The van der Waals surface area contributed by atoms with Crippen LogP contribution in [0.25, 0.3) is 0 Å². The van der Waals surface area contributed by atoms with Crippen molar-refractivity contribution in [3.8, 4) is 0 Å². The fourth-order valence-electron chi connectivity index (χ4n) is 3.66. The Morgan fingerprint density at radius 3 is 2.43 bits per heavy atom. The van der Waals surface area contributed by atoms with Crippen LogP contribution in [0, 0.1) is 5.82 Å². The molecule has 1 fully saturated rings. The number of carbonyl (C=O) groups excluding carboxylic acids is 2. The molecule has 0 aliphatic carbocycles. The van der Waals surface area contributed by atoms with Crippen LogP contribution in [-0.4, -0.2) is 34.9 Å². The lowest BCUT2D eigenvalue weighted by Crippen LogP contribution is -2.33. The maximum atomic E-state index is 13.2. The van der Waals surface area contributed by atoms with E-state index in [2.05, 4.69) is 4.98 Å². The predicted molar refractivity (Wildman–Crippen MR) is 112 cm³/mol. The summed E-state index contributed by atoms with van der Waals surface area (Å²) in [6, 6.07) is 17.1. The minimum absolute atomic E-state index is 0.206. The fourth-order valence-corrected chi connectivity index (χ4v) is 3.66. The molecule has 0 atom stereocenters. The van der Waals surface area contributed by atoms with Crippen LogP contribution >= 0.6 is 0 Å². The number of amides is 3. The van der Waals surface area contributed by atoms with Crippen molar-refractivity contribution in [2.75, 3.05) is 18.0 Å². The number of carbonyl (C=O) groups is 2. The molecule has 1 aromatic heterocycles. The molecule has 0 bridgehead atoms. The van der Waals surface area contributed by atoms with Gasteiger partial charge in [-0.05, 0) is 29.3 Å². The first-order chi connectivity index (χ1) is 14.5. The first-order valence-electron chi connectivity index (χ1n) is 9.65. The summed E-state index contributed by atoms with van der Waals surface area (Å²) < 4.78 is 13.2. The lowest BCUT2D eigenvalue weighted by atomic mass is 10.00. The molecule has 3 aromatic rings. The zero-order valence-corrected chi connectivity index (χ0v) is 16.3. The van der Waals surface area contributed by atoms with Gasteiger partial charge >= 0.3 is 6.03 Å². The van der Waals surface area contributed by atoms with Crippen LogP contribution in [0.4, 0.5) is 15.0 Å². The molecule has 1 aliphatic heterocycles. The minimum atomic E-state index is -0.556. The second-order valence-electron chi connectivity index (χ2n) is 7.17. The summed E-state index contributed by atoms with van der Waals surface area (Å²) in [7, 11) is 0.